The Balaban J connectivity index is 1.89. The van der Waals surface area contributed by atoms with Gasteiger partial charge in [-0.15, -0.1) is 10.2 Å². The first-order chi connectivity index (χ1) is 10.6. The average Bonchev–Trinajstić information content (AvgIpc) is 2.95. The number of hydrogen-bond donors (Lipinski definition) is 0. The van der Waals surface area contributed by atoms with Crippen LogP contribution in [0.15, 0.2) is 6.33 Å². The molecule has 0 unspecified atom stereocenters. The molecule has 2 aromatic rings. The van der Waals surface area contributed by atoms with Crippen molar-refractivity contribution in [1.82, 2.24) is 24.7 Å². The summed E-state index contributed by atoms with van der Waals surface area (Å²) >= 11 is 0. The summed E-state index contributed by atoms with van der Waals surface area (Å²) in [5, 5.41) is 8.27. The van der Waals surface area contributed by atoms with Gasteiger partial charge in [-0.2, -0.15) is 4.98 Å². The molecule has 1 atom stereocenters. The molecule has 1 aliphatic heterocycles. The van der Waals surface area contributed by atoms with E-state index in [0.29, 0.717) is 11.8 Å². The molecule has 1 saturated heterocycles. The topological polar surface area (TPSA) is 69.0 Å². The predicted octanol–water partition coefficient (Wildman–Crippen LogP) is 1.61. The quantitative estimate of drug-likeness (QED) is 0.858. The minimum absolute atomic E-state index is 0.377. The summed E-state index contributed by atoms with van der Waals surface area (Å²) < 4.78 is 7.38. The van der Waals surface area contributed by atoms with Crippen LogP contribution < -0.4 is 9.64 Å². The van der Waals surface area contributed by atoms with Gasteiger partial charge in [0.05, 0.1) is 12.7 Å². The molecule has 7 nitrogen and oxygen atoms in total. The second kappa shape index (κ2) is 5.90. The maximum Gasteiger partial charge on any atom is 0.221 e. The molecule has 0 radical (unpaired) electrons. The number of ether oxygens (including phenoxy) is 1. The van der Waals surface area contributed by atoms with E-state index in [2.05, 4.69) is 25.1 Å². The van der Waals surface area contributed by atoms with Crippen LogP contribution >= 0.6 is 0 Å². The van der Waals surface area contributed by atoms with E-state index in [1.165, 1.54) is 0 Å². The lowest BCUT2D eigenvalue weighted by molar-refractivity contribution is 0.391. The van der Waals surface area contributed by atoms with Gasteiger partial charge in [-0.05, 0) is 26.7 Å². The van der Waals surface area contributed by atoms with E-state index in [0.717, 1.165) is 49.0 Å². The largest absolute Gasteiger partial charge is 0.481 e. The summed E-state index contributed by atoms with van der Waals surface area (Å²) in [6.07, 6.45) is 4.00. The van der Waals surface area contributed by atoms with E-state index in [9.17, 15) is 0 Å². The first-order valence-corrected chi connectivity index (χ1v) is 7.58. The van der Waals surface area contributed by atoms with Gasteiger partial charge >= 0.3 is 0 Å². The number of methoxy groups -OCH3 is 1. The SMILES string of the molecule is COc1nc(C)nc(N2CCC[C@H](c3nncn3C)C2)c1C. The van der Waals surface area contributed by atoms with Gasteiger partial charge in [0.15, 0.2) is 0 Å². The molecule has 118 valence electrons. The van der Waals surface area contributed by atoms with Crippen LogP contribution in [0.3, 0.4) is 0 Å². The Bertz CT molecular complexity index is 668. The third kappa shape index (κ3) is 2.63. The van der Waals surface area contributed by atoms with Crippen LogP contribution in [-0.2, 0) is 7.05 Å². The maximum absolute atomic E-state index is 5.37. The van der Waals surface area contributed by atoms with Gasteiger partial charge in [-0.1, -0.05) is 0 Å². The second-order valence-corrected chi connectivity index (χ2v) is 5.81. The zero-order valence-electron chi connectivity index (χ0n) is 13.6. The molecular formula is C15H22N6O. The van der Waals surface area contributed by atoms with Gasteiger partial charge in [0, 0.05) is 26.1 Å². The van der Waals surface area contributed by atoms with E-state index in [4.69, 9.17) is 4.74 Å². The molecule has 3 rings (SSSR count). The van der Waals surface area contributed by atoms with Crippen LogP contribution in [0.25, 0.3) is 0 Å². The van der Waals surface area contributed by atoms with Gasteiger partial charge < -0.3 is 14.2 Å². The van der Waals surface area contributed by atoms with Crippen molar-refractivity contribution in [3.63, 3.8) is 0 Å². The molecule has 0 aliphatic carbocycles. The van der Waals surface area contributed by atoms with Crippen molar-refractivity contribution < 1.29 is 4.74 Å². The van der Waals surface area contributed by atoms with Crippen LogP contribution in [-0.4, -0.2) is 44.9 Å². The first kappa shape index (κ1) is 14.7. The zero-order chi connectivity index (χ0) is 15.7. The maximum atomic E-state index is 5.37. The monoisotopic (exact) mass is 302 g/mol. The van der Waals surface area contributed by atoms with Gasteiger partial charge in [-0.25, -0.2) is 4.98 Å². The molecule has 1 aliphatic rings. The fourth-order valence-corrected chi connectivity index (χ4v) is 3.14. The normalized spacial score (nSPS) is 18.5. The Kier molecular flexibility index (Phi) is 3.96. The number of aromatic nitrogens is 5. The molecular weight excluding hydrogens is 280 g/mol. The number of aryl methyl sites for hydroxylation is 2. The lowest BCUT2D eigenvalue weighted by Crippen LogP contribution is -2.36. The van der Waals surface area contributed by atoms with Crippen molar-refractivity contribution in [1.29, 1.82) is 0 Å². The smallest absolute Gasteiger partial charge is 0.221 e. The van der Waals surface area contributed by atoms with Gasteiger partial charge in [0.2, 0.25) is 5.88 Å². The highest BCUT2D eigenvalue weighted by atomic mass is 16.5. The van der Waals surface area contributed by atoms with E-state index < -0.39 is 0 Å². The molecule has 3 heterocycles. The van der Waals surface area contributed by atoms with Gasteiger partial charge in [0.25, 0.3) is 0 Å². The van der Waals surface area contributed by atoms with E-state index in [1.807, 2.05) is 25.5 Å². The summed E-state index contributed by atoms with van der Waals surface area (Å²) in [7, 11) is 3.65. The number of nitrogens with zero attached hydrogens (tertiary/aromatic N) is 6. The number of piperidine rings is 1. The summed E-state index contributed by atoms with van der Waals surface area (Å²) in [6.45, 7) is 5.80. The molecule has 0 N–H and O–H groups in total. The third-order valence-electron chi connectivity index (χ3n) is 4.21. The van der Waals surface area contributed by atoms with Crippen LogP contribution in [0.1, 0.15) is 36.0 Å². The number of anilines is 1. The number of rotatable bonds is 3. The van der Waals surface area contributed by atoms with Crippen molar-refractivity contribution in [2.75, 3.05) is 25.1 Å². The van der Waals surface area contributed by atoms with Crippen molar-refractivity contribution in [2.45, 2.75) is 32.6 Å². The minimum Gasteiger partial charge on any atom is -0.481 e. The summed E-state index contributed by atoms with van der Waals surface area (Å²) in [4.78, 5) is 11.3. The lowest BCUT2D eigenvalue weighted by Gasteiger charge is -2.34. The molecule has 0 amide bonds. The van der Waals surface area contributed by atoms with Crippen LogP contribution in [0.4, 0.5) is 5.82 Å². The fourth-order valence-electron chi connectivity index (χ4n) is 3.14. The Hall–Kier alpha value is -2.18. The molecule has 0 bridgehead atoms. The summed E-state index contributed by atoms with van der Waals surface area (Å²) in [6, 6.07) is 0. The Morgan fingerprint density at radius 1 is 1.27 bits per heavy atom. The number of hydrogen-bond acceptors (Lipinski definition) is 6. The van der Waals surface area contributed by atoms with E-state index >= 15 is 0 Å². The van der Waals surface area contributed by atoms with E-state index in [1.54, 1.807) is 13.4 Å². The fraction of sp³-hybridized carbons (Fsp3) is 0.600. The zero-order valence-corrected chi connectivity index (χ0v) is 13.6. The Morgan fingerprint density at radius 3 is 2.77 bits per heavy atom. The highest BCUT2D eigenvalue weighted by Crippen LogP contribution is 2.31. The van der Waals surface area contributed by atoms with Crippen LogP contribution in [0.2, 0.25) is 0 Å². The molecule has 2 aromatic heterocycles. The second-order valence-electron chi connectivity index (χ2n) is 5.81. The third-order valence-corrected chi connectivity index (χ3v) is 4.21. The highest BCUT2D eigenvalue weighted by molar-refractivity contribution is 5.51. The molecule has 1 fully saturated rings. The molecule has 0 aromatic carbocycles. The lowest BCUT2D eigenvalue weighted by atomic mass is 9.97. The van der Waals surface area contributed by atoms with E-state index in [-0.39, 0.29) is 0 Å². The van der Waals surface area contributed by atoms with Crippen molar-refractivity contribution in [3.05, 3.63) is 23.5 Å². The Morgan fingerprint density at radius 2 is 2.09 bits per heavy atom. The molecule has 0 spiro atoms. The van der Waals surface area contributed by atoms with Crippen LogP contribution in [0, 0.1) is 13.8 Å². The Labute approximate surface area is 130 Å². The molecule has 0 saturated carbocycles. The van der Waals surface area contributed by atoms with Crippen molar-refractivity contribution >= 4 is 5.82 Å². The predicted molar refractivity (Wildman–Crippen MR) is 83.2 cm³/mol. The van der Waals surface area contributed by atoms with Gasteiger partial charge in [-0.3, -0.25) is 0 Å². The molecule has 7 heteroatoms. The van der Waals surface area contributed by atoms with Gasteiger partial charge in [0.1, 0.15) is 23.8 Å². The minimum atomic E-state index is 0.377. The highest BCUT2D eigenvalue weighted by Gasteiger charge is 2.27. The summed E-state index contributed by atoms with van der Waals surface area (Å²) in [5.41, 5.74) is 0.992. The van der Waals surface area contributed by atoms with Crippen molar-refractivity contribution in [2.24, 2.45) is 7.05 Å². The molecule has 22 heavy (non-hydrogen) atoms. The summed E-state index contributed by atoms with van der Waals surface area (Å²) in [5.74, 6) is 3.78. The standard InChI is InChI=1S/C15H22N6O/c1-10-13(17-11(2)18-15(10)22-4)21-7-5-6-12(8-21)14-19-16-9-20(14)3/h9,12H,5-8H2,1-4H3/t12-/m0/s1. The average molecular weight is 302 g/mol. The van der Waals surface area contributed by atoms with Crippen LogP contribution in [0.5, 0.6) is 5.88 Å². The first-order valence-electron chi connectivity index (χ1n) is 7.58. The van der Waals surface area contributed by atoms with Crippen molar-refractivity contribution in [3.8, 4) is 5.88 Å².